The van der Waals surface area contributed by atoms with Crippen LogP contribution in [0.25, 0.3) is 0 Å². The second-order valence-electron chi connectivity index (χ2n) is 7.72. The molecule has 0 aliphatic rings. The Balaban J connectivity index is 1.76. The van der Waals surface area contributed by atoms with Gasteiger partial charge < -0.3 is 10.1 Å². The van der Waals surface area contributed by atoms with Gasteiger partial charge >= 0.3 is 5.97 Å². The Kier molecular flexibility index (Phi) is 7.60. The van der Waals surface area contributed by atoms with Gasteiger partial charge in [0.15, 0.2) is 6.10 Å². The van der Waals surface area contributed by atoms with Gasteiger partial charge in [0.25, 0.3) is 5.91 Å². The van der Waals surface area contributed by atoms with Crippen LogP contribution >= 0.6 is 0 Å². The van der Waals surface area contributed by atoms with E-state index in [9.17, 15) is 9.59 Å². The van der Waals surface area contributed by atoms with Crippen LogP contribution in [0.2, 0.25) is 0 Å². The molecule has 1 amide bonds. The smallest absolute Gasteiger partial charge is 0.318 e. The number of anilines is 1. The number of hydrogen-bond donors (Lipinski definition) is 1. The first-order valence-corrected chi connectivity index (χ1v) is 10.7. The second-order valence-corrected chi connectivity index (χ2v) is 7.72. The summed E-state index contributed by atoms with van der Waals surface area (Å²) in [5.74, 6) is -1.07. The van der Waals surface area contributed by atoms with E-state index in [0.717, 1.165) is 28.8 Å². The Bertz CT molecular complexity index is 962. The van der Waals surface area contributed by atoms with E-state index in [4.69, 9.17) is 4.74 Å². The Morgan fingerprint density at radius 3 is 1.87 bits per heavy atom. The van der Waals surface area contributed by atoms with Crippen molar-refractivity contribution >= 4 is 17.6 Å². The molecule has 0 saturated carbocycles. The third-order valence-electron chi connectivity index (χ3n) is 5.53. The van der Waals surface area contributed by atoms with E-state index < -0.39 is 18.0 Å². The summed E-state index contributed by atoms with van der Waals surface area (Å²) in [6.07, 6.45) is 0.0418. The predicted octanol–water partition coefficient (Wildman–Crippen LogP) is 5.90. The molecular weight excluding hydrogens is 386 g/mol. The Morgan fingerprint density at radius 1 is 0.806 bits per heavy atom. The van der Waals surface area contributed by atoms with Gasteiger partial charge in [0.1, 0.15) is 5.92 Å². The van der Waals surface area contributed by atoms with Gasteiger partial charge in [-0.05, 0) is 42.0 Å². The molecule has 0 unspecified atom stereocenters. The van der Waals surface area contributed by atoms with Crippen molar-refractivity contribution in [1.29, 1.82) is 0 Å². The van der Waals surface area contributed by atoms with E-state index in [1.165, 1.54) is 0 Å². The van der Waals surface area contributed by atoms with Crippen molar-refractivity contribution in [3.8, 4) is 0 Å². The van der Waals surface area contributed by atoms with Crippen LogP contribution in [0.4, 0.5) is 5.69 Å². The summed E-state index contributed by atoms with van der Waals surface area (Å²) >= 11 is 0. The van der Waals surface area contributed by atoms with Crippen LogP contribution in [0.5, 0.6) is 0 Å². The second kappa shape index (κ2) is 10.6. The number of benzene rings is 3. The lowest BCUT2D eigenvalue weighted by Crippen LogP contribution is -2.32. The Hall–Kier alpha value is -3.40. The highest BCUT2D eigenvalue weighted by Gasteiger charge is 2.28. The topological polar surface area (TPSA) is 55.4 Å². The van der Waals surface area contributed by atoms with Gasteiger partial charge in [-0.2, -0.15) is 0 Å². The molecule has 2 atom stereocenters. The minimum Gasteiger partial charge on any atom is -0.452 e. The molecule has 4 nitrogen and oxygen atoms in total. The van der Waals surface area contributed by atoms with Gasteiger partial charge in [-0.15, -0.1) is 0 Å². The molecule has 0 bridgehead atoms. The van der Waals surface area contributed by atoms with Crippen molar-refractivity contribution in [2.45, 2.75) is 45.1 Å². The van der Waals surface area contributed by atoms with Crippen LogP contribution in [-0.2, 0) is 14.3 Å². The number of ether oxygens (including phenoxy) is 1. The third-order valence-corrected chi connectivity index (χ3v) is 5.53. The lowest BCUT2D eigenvalue weighted by molar-refractivity contribution is -0.153. The number of hydrogen-bond acceptors (Lipinski definition) is 3. The number of rotatable bonds is 8. The molecule has 160 valence electrons. The van der Waals surface area contributed by atoms with Gasteiger partial charge in [0.05, 0.1) is 0 Å². The molecule has 0 radical (unpaired) electrons. The molecule has 0 aliphatic heterocycles. The molecule has 0 fully saturated rings. The van der Waals surface area contributed by atoms with E-state index in [-0.39, 0.29) is 5.91 Å². The van der Waals surface area contributed by atoms with E-state index >= 15 is 0 Å². The van der Waals surface area contributed by atoms with E-state index in [1.54, 1.807) is 6.92 Å². The number of esters is 1. The molecule has 3 aromatic rings. The maximum atomic E-state index is 13.1. The number of carbonyl (C=O) groups excluding carboxylic acids is 2. The first-order valence-electron chi connectivity index (χ1n) is 10.7. The zero-order valence-electron chi connectivity index (χ0n) is 18.2. The number of amides is 1. The summed E-state index contributed by atoms with van der Waals surface area (Å²) < 4.78 is 5.63. The highest BCUT2D eigenvalue weighted by molar-refractivity contribution is 5.96. The van der Waals surface area contributed by atoms with Crippen LogP contribution in [0.1, 0.15) is 55.7 Å². The first kappa shape index (κ1) is 22.3. The molecule has 0 spiro atoms. The van der Waals surface area contributed by atoms with Crippen molar-refractivity contribution in [2.75, 3.05) is 5.32 Å². The van der Waals surface area contributed by atoms with Gasteiger partial charge in [0.2, 0.25) is 0 Å². The lowest BCUT2D eigenvalue weighted by Gasteiger charge is -2.21. The summed E-state index contributed by atoms with van der Waals surface area (Å²) in [4.78, 5) is 25.9. The third kappa shape index (κ3) is 5.60. The Morgan fingerprint density at radius 2 is 1.32 bits per heavy atom. The monoisotopic (exact) mass is 415 g/mol. The van der Waals surface area contributed by atoms with Crippen molar-refractivity contribution in [1.82, 2.24) is 0 Å². The van der Waals surface area contributed by atoms with E-state index in [0.29, 0.717) is 5.92 Å². The molecule has 0 aromatic heterocycles. The number of para-hydroxylation sites is 1. The quantitative estimate of drug-likeness (QED) is 0.466. The maximum Gasteiger partial charge on any atom is 0.318 e. The fourth-order valence-electron chi connectivity index (χ4n) is 3.55. The molecule has 4 heteroatoms. The molecule has 0 saturated heterocycles. The number of nitrogens with one attached hydrogen (secondary N) is 1. The molecule has 31 heavy (non-hydrogen) atoms. The SMILES string of the molecule is CC[C@@H](C)c1ccccc1NC(=O)[C@@H](C)OC(=O)C(c1ccccc1)c1ccccc1. The first-order chi connectivity index (χ1) is 15.0. The fraction of sp³-hybridized carbons (Fsp3) is 0.259. The van der Waals surface area contributed by atoms with Gasteiger partial charge in [-0.3, -0.25) is 9.59 Å². The van der Waals surface area contributed by atoms with Gasteiger partial charge in [0, 0.05) is 5.69 Å². The molecule has 0 heterocycles. The number of carbonyl (C=O) groups is 2. The van der Waals surface area contributed by atoms with Crippen LogP contribution in [-0.4, -0.2) is 18.0 Å². The summed E-state index contributed by atoms with van der Waals surface area (Å²) in [7, 11) is 0. The highest BCUT2D eigenvalue weighted by atomic mass is 16.5. The van der Waals surface area contributed by atoms with E-state index in [2.05, 4.69) is 19.2 Å². The van der Waals surface area contributed by atoms with Crippen molar-refractivity contribution < 1.29 is 14.3 Å². The minimum atomic E-state index is -0.924. The normalized spacial score (nSPS) is 12.8. The average molecular weight is 416 g/mol. The van der Waals surface area contributed by atoms with Crippen LogP contribution in [0, 0.1) is 0 Å². The molecule has 3 rings (SSSR count). The summed E-state index contributed by atoms with van der Waals surface area (Å²) in [6.45, 7) is 5.84. The predicted molar refractivity (Wildman–Crippen MR) is 124 cm³/mol. The highest BCUT2D eigenvalue weighted by Crippen LogP contribution is 2.28. The van der Waals surface area contributed by atoms with Gasteiger partial charge in [-0.1, -0.05) is 92.7 Å². The van der Waals surface area contributed by atoms with Crippen LogP contribution in [0.15, 0.2) is 84.9 Å². The Labute approximate surface area is 184 Å². The van der Waals surface area contributed by atoms with Crippen LogP contribution < -0.4 is 5.32 Å². The standard InChI is InChI=1S/C27H29NO3/c1-4-19(2)23-17-11-12-18-24(23)28-26(29)20(3)31-27(30)25(21-13-7-5-8-14-21)22-15-9-6-10-16-22/h5-20,25H,4H2,1-3H3,(H,28,29)/t19-,20-/m1/s1. The lowest BCUT2D eigenvalue weighted by atomic mass is 9.91. The van der Waals surface area contributed by atoms with Crippen molar-refractivity contribution in [3.63, 3.8) is 0 Å². The van der Waals surface area contributed by atoms with Crippen LogP contribution in [0.3, 0.4) is 0 Å². The summed E-state index contributed by atoms with van der Waals surface area (Å²) in [5, 5.41) is 2.93. The molecule has 0 aliphatic carbocycles. The van der Waals surface area contributed by atoms with E-state index in [1.807, 2.05) is 84.9 Å². The largest absolute Gasteiger partial charge is 0.452 e. The molecule has 1 N–H and O–H groups in total. The zero-order valence-corrected chi connectivity index (χ0v) is 18.2. The minimum absolute atomic E-state index is 0.315. The average Bonchev–Trinajstić information content (AvgIpc) is 2.80. The molecule has 3 aromatic carbocycles. The van der Waals surface area contributed by atoms with Crippen molar-refractivity contribution in [3.05, 3.63) is 102 Å². The summed E-state index contributed by atoms with van der Waals surface area (Å²) in [6, 6.07) is 26.7. The summed E-state index contributed by atoms with van der Waals surface area (Å²) in [5.41, 5.74) is 3.48. The van der Waals surface area contributed by atoms with Crippen molar-refractivity contribution in [2.24, 2.45) is 0 Å². The molecular formula is C27H29NO3. The zero-order chi connectivity index (χ0) is 22.2. The fourth-order valence-corrected chi connectivity index (χ4v) is 3.55. The maximum absolute atomic E-state index is 13.1. The van der Waals surface area contributed by atoms with Gasteiger partial charge in [-0.25, -0.2) is 0 Å².